The molecular weight excluding hydrogens is 120 g/mol. The zero-order chi connectivity index (χ0) is 6.04. The first-order valence-corrected chi connectivity index (χ1v) is 4.02. The van der Waals surface area contributed by atoms with Gasteiger partial charge in [0.25, 0.3) is 0 Å². The largest absolute Gasteiger partial charge is 0.313 e. The average molecular weight is 132 g/mol. The summed E-state index contributed by atoms with van der Waals surface area (Å²) < 4.78 is 0. The highest BCUT2D eigenvalue weighted by Crippen LogP contribution is 2.19. The molecule has 1 heterocycles. The fourth-order valence-corrected chi connectivity index (χ4v) is 2.00. The van der Waals surface area contributed by atoms with Crippen LogP contribution in [0.1, 0.15) is 12.8 Å². The lowest BCUT2D eigenvalue weighted by Crippen LogP contribution is -2.51. The highest BCUT2D eigenvalue weighted by atomic mass is 32.2. The molecule has 1 aliphatic heterocycles. The Hall–Kier alpha value is 0.270. The Morgan fingerprint density at radius 2 is 1.62 bits per heavy atom. The van der Waals surface area contributed by atoms with Crippen molar-refractivity contribution in [2.45, 2.75) is 18.5 Å². The van der Waals surface area contributed by atoms with Gasteiger partial charge in [0, 0.05) is 0 Å². The summed E-state index contributed by atoms with van der Waals surface area (Å²) in [6.07, 6.45) is 1.94. The topological polar surface area (TPSA) is 52.0 Å². The van der Waals surface area contributed by atoms with E-state index in [1.165, 1.54) is 0 Å². The van der Waals surface area contributed by atoms with Gasteiger partial charge in [-0.15, -0.1) is 0 Å². The summed E-state index contributed by atoms with van der Waals surface area (Å²) in [4.78, 5) is 0. The molecule has 0 aliphatic carbocycles. The average Bonchev–Trinajstić information content (AvgIpc) is 1.65. The van der Waals surface area contributed by atoms with Crippen LogP contribution in [0.15, 0.2) is 0 Å². The van der Waals surface area contributed by atoms with E-state index in [0.29, 0.717) is 0 Å². The van der Waals surface area contributed by atoms with Crippen LogP contribution in [0.2, 0.25) is 0 Å². The van der Waals surface area contributed by atoms with Gasteiger partial charge in [0.05, 0.1) is 5.66 Å². The van der Waals surface area contributed by atoms with Crippen LogP contribution in [-0.4, -0.2) is 17.2 Å². The van der Waals surface area contributed by atoms with Gasteiger partial charge in [-0.1, -0.05) is 0 Å². The highest BCUT2D eigenvalue weighted by molar-refractivity contribution is 7.99. The molecule has 1 saturated heterocycles. The molecule has 0 amide bonds. The molecular formula is C5H12N2S. The van der Waals surface area contributed by atoms with Gasteiger partial charge in [0.1, 0.15) is 0 Å². The second-order valence-electron chi connectivity index (χ2n) is 2.35. The molecule has 1 fully saturated rings. The molecule has 1 aliphatic rings. The first-order valence-electron chi connectivity index (χ1n) is 2.86. The number of hydrogen-bond donors (Lipinski definition) is 2. The predicted molar refractivity (Wildman–Crippen MR) is 37.7 cm³/mol. The molecule has 0 aromatic carbocycles. The SMILES string of the molecule is NC1(N)CCSCC1. The van der Waals surface area contributed by atoms with E-state index < -0.39 is 0 Å². The molecule has 0 aromatic rings. The zero-order valence-electron chi connectivity index (χ0n) is 4.89. The quantitative estimate of drug-likeness (QED) is 0.460. The summed E-state index contributed by atoms with van der Waals surface area (Å²) in [7, 11) is 0. The number of nitrogens with two attached hydrogens (primary N) is 2. The molecule has 0 radical (unpaired) electrons. The minimum Gasteiger partial charge on any atom is -0.313 e. The number of hydrogen-bond acceptors (Lipinski definition) is 3. The molecule has 0 aromatic heterocycles. The van der Waals surface area contributed by atoms with E-state index in [-0.39, 0.29) is 5.66 Å². The molecule has 4 N–H and O–H groups in total. The summed E-state index contributed by atoms with van der Waals surface area (Å²) in [6.45, 7) is 0. The van der Waals surface area contributed by atoms with E-state index in [1.807, 2.05) is 11.8 Å². The lowest BCUT2D eigenvalue weighted by molar-refractivity contribution is 0.411. The van der Waals surface area contributed by atoms with Crippen LogP contribution in [0.3, 0.4) is 0 Å². The van der Waals surface area contributed by atoms with Crippen molar-refractivity contribution in [3.05, 3.63) is 0 Å². The van der Waals surface area contributed by atoms with Gasteiger partial charge in [-0.25, -0.2) is 0 Å². The second kappa shape index (κ2) is 2.25. The van der Waals surface area contributed by atoms with Crippen molar-refractivity contribution in [1.82, 2.24) is 0 Å². The Labute approximate surface area is 54.0 Å². The van der Waals surface area contributed by atoms with E-state index in [0.717, 1.165) is 24.3 Å². The van der Waals surface area contributed by atoms with Gasteiger partial charge in [0.15, 0.2) is 0 Å². The third-order valence-electron chi connectivity index (χ3n) is 1.42. The molecule has 0 spiro atoms. The highest BCUT2D eigenvalue weighted by Gasteiger charge is 2.21. The molecule has 8 heavy (non-hydrogen) atoms. The third-order valence-corrected chi connectivity index (χ3v) is 2.41. The van der Waals surface area contributed by atoms with Crippen molar-refractivity contribution in [2.75, 3.05) is 11.5 Å². The summed E-state index contributed by atoms with van der Waals surface area (Å²) in [5.74, 6) is 2.26. The molecule has 0 unspecified atom stereocenters. The second-order valence-corrected chi connectivity index (χ2v) is 3.57. The monoisotopic (exact) mass is 132 g/mol. The fraction of sp³-hybridized carbons (Fsp3) is 1.00. The van der Waals surface area contributed by atoms with Crippen LogP contribution in [0.5, 0.6) is 0 Å². The van der Waals surface area contributed by atoms with Crippen LogP contribution in [0.4, 0.5) is 0 Å². The summed E-state index contributed by atoms with van der Waals surface area (Å²) in [5.41, 5.74) is 10.9. The number of rotatable bonds is 0. The Morgan fingerprint density at radius 1 is 1.12 bits per heavy atom. The van der Waals surface area contributed by atoms with Gasteiger partial charge < -0.3 is 11.5 Å². The first-order chi connectivity index (χ1) is 3.71. The maximum Gasteiger partial charge on any atom is 0.0652 e. The van der Waals surface area contributed by atoms with Gasteiger partial charge in [-0.2, -0.15) is 11.8 Å². The third kappa shape index (κ3) is 1.65. The zero-order valence-corrected chi connectivity index (χ0v) is 5.71. The predicted octanol–water partition coefficient (Wildman–Crippen LogP) is 0.127. The van der Waals surface area contributed by atoms with Crippen LogP contribution < -0.4 is 11.5 Å². The van der Waals surface area contributed by atoms with Crippen LogP contribution in [0, 0.1) is 0 Å². The molecule has 3 heteroatoms. The lowest BCUT2D eigenvalue weighted by atomic mass is 10.1. The van der Waals surface area contributed by atoms with Gasteiger partial charge >= 0.3 is 0 Å². The number of thioether (sulfide) groups is 1. The normalized spacial score (nSPS) is 27.8. The van der Waals surface area contributed by atoms with E-state index in [2.05, 4.69) is 0 Å². The Morgan fingerprint density at radius 3 is 1.88 bits per heavy atom. The Bertz CT molecular complexity index is 74.5. The first kappa shape index (κ1) is 6.39. The Kier molecular flexibility index (Phi) is 1.80. The van der Waals surface area contributed by atoms with Crippen molar-refractivity contribution < 1.29 is 0 Å². The maximum atomic E-state index is 5.64. The van der Waals surface area contributed by atoms with Crippen molar-refractivity contribution in [1.29, 1.82) is 0 Å². The minimum absolute atomic E-state index is 0.342. The minimum atomic E-state index is -0.342. The van der Waals surface area contributed by atoms with E-state index in [9.17, 15) is 0 Å². The van der Waals surface area contributed by atoms with Crippen molar-refractivity contribution >= 4 is 11.8 Å². The van der Waals surface area contributed by atoms with Crippen LogP contribution >= 0.6 is 11.8 Å². The molecule has 2 nitrogen and oxygen atoms in total. The molecule has 1 rings (SSSR count). The van der Waals surface area contributed by atoms with E-state index >= 15 is 0 Å². The maximum absolute atomic E-state index is 5.64. The smallest absolute Gasteiger partial charge is 0.0652 e. The van der Waals surface area contributed by atoms with Crippen LogP contribution in [-0.2, 0) is 0 Å². The molecule has 0 bridgehead atoms. The fourth-order valence-electron chi connectivity index (χ4n) is 0.751. The molecule has 0 atom stereocenters. The summed E-state index contributed by atoms with van der Waals surface area (Å²) >= 11 is 1.94. The van der Waals surface area contributed by atoms with E-state index in [1.54, 1.807) is 0 Å². The lowest BCUT2D eigenvalue weighted by Gasteiger charge is -2.28. The van der Waals surface area contributed by atoms with Crippen molar-refractivity contribution in [2.24, 2.45) is 11.5 Å². The van der Waals surface area contributed by atoms with Crippen LogP contribution in [0.25, 0.3) is 0 Å². The molecule has 48 valence electrons. The summed E-state index contributed by atoms with van der Waals surface area (Å²) in [5, 5.41) is 0. The standard InChI is InChI=1S/C5H12N2S/c6-5(7)1-3-8-4-2-5/h1-4,6-7H2. The van der Waals surface area contributed by atoms with Gasteiger partial charge in [-0.3, -0.25) is 0 Å². The van der Waals surface area contributed by atoms with Crippen molar-refractivity contribution in [3.63, 3.8) is 0 Å². The van der Waals surface area contributed by atoms with Gasteiger partial charge in [0.2, 0.25) is 0 Å². The summed E-state index contributed by atoms with van der Waals surface area (Å²) in [6, 6.07) is 0. The van der Waals surface area contributed by atoms with Crippen molar-refractivity contribution in [3.8, 4) is 0 Å². The Balaban J connectivity index is 2.33. The molecule has 0 saturated carbocycles. The van der Waals surface area contributed by atoms with E-state index in [4.69, 9.17) is 11.5 Å². The van der Waals surface area contributed by atoms with Gasteiger partial charge in [-0.05, 0) is 24.3 Å².